The molecule has 0 aromatic heterocycles. The first-order valence-electron chi connectivity index (χ1n) is 7.30. The molecule has 2 aromatic rings. The minimum absolute atomic E-state index is 0.307. The summed E-state index contributed by atoms with van der Waals surface area (Å²) >= 11 is 0. The topological polar surface area (TPSA) is 12.5 Å². The Morgan fingerprint density at radius 3 is 2.50 bits per heavy atom. The first-order chi connectivity index (χ1) is 9.85. The van der Waals surface area contributed by atoms with Crippen molar-refractivity contribution < 1.29 is 4.74 Å². The van der Waals surface area contributed by atoms with Crippen LogP contribution in [-0.4, -0.2) is 25.1 Å². The van der Waals surface area contributed by atoms with Crippen LogP contribution in [0.2, 0.25) is 0 Å². The summed E-state index contributed by atoms with van der Waals surface area (Å²) in [6.07, 6.45) is 1.13. The van der Waals surface area contributed by atoms with Gasteiger partial charge < -0.3 is 4.74 Å². The van der Waals surface area contributed by atoms with Crippen molar-refractivity contribution in [2.24, 2.45) is 0 Å². The fraction of sp³-hybridized carbons (Fsp3) is 0.333. The Morgan fingerprint density at radius 1 is 1.05 bits per heavy atom. The molecule has 2 aromatic carbocycles. The second kappa shape index (κ2) is 5.68. The molecule has 1 aliphatic heterocycles. The van der Waals surface area contributed by atoms with Gasteiger partial charge in [0.15, 0.2) is 0 Å². The van der Waals surface area contributed by atoms with Crippen molar-refractivity contribution in [3.63, 3.8) is 0 Å². The Kier molecular flexibility index (Phi) is 3.75. The van der Waals surface area contributed by atoms with Gasteiger partial charge in [-0.1, -0.05) is 49.4 Å². The summed E-state index contributed by atoms with van der Waals surface area (Å²) in [6, 6.07) is 17.5. The third-order valence-electron chi connectivity index (χ3n) is 4.22. The molecule has 0 amide bonds. The molecule has 0 spiro atoms. The van der Waals surface area contributed by atoms with Crippen molar-refractivity contribution in [2.75, 3.05) is 20.2 Å². The molecule has 1 atom stereocenters. The van der Waals surface area contributed by atoms with Crippen LogP contribution >= 0.6 is 0 Å². The van der Waals surface area contributed by atoms with E-state index in [0.717, 1.165) is 25.3 Å². The van der Waals surface area contributed by atoms with E-state index in [-0.39, 0.29) is 0 Å². The number of hydrogen-bond acceptors (Lipinski definition) is 2. The van der Waals surface area contributed by atoms with Gasteiger partial charge in [-0.3, -0.25) is 4.90 Å². The summed E-state index contributed by atoms with van der Waals surface area (Å²) in [5.41, 5.74) is 4.15. The molecule has 104 valence electrons. The Balaban J connectivity index is 2.13. The van der Waals surface area contributed by atoms with E-state index >= 15 is 0 Å². The molecule has 2 nitrogen and oxygen atoms in total. The summed E-state index contributed by atoms with van der Waals surface area (Å²) in [6.45, 7) is 4.39. The summed E-state index contributed by atoms with van der Waals surface area (Å²) in [5.74, 6) is 0.979. The number of rotatable bonds is 3. The number of para-hydroxylation sites is 1. The van der Waals surface area contributed by atoms with Gasteiger partial charge in [0.05, 0.1) is 13.2 Å². The average Bonchev–Trinajstić information content (AvgIpc) is 2.53. The number of benzene rings is 2. The minimum Gasteiger partial charge on any atom is -0.496 e. The quantitative estimate of drug-likeness (QED) is 0.841. The number of likely N-dealkylation sites (N-methyl/N-ethyl adjacent to an activating group) is 1. The lowest BCUT2D eigenvalue weighted by molar-refractivity contribution is 0.221. The van der Waals surface area contributed by atoms with Crippen LogP contribution in [-0.2, 0) is 6.42 Å². The molecule has 0 fully saturated rings. The zero-order chi connectivity index (χ0) is 13.9. The first kappa shape index (κ1) is 13.2. The van der Waals surface area contributed by atoms with Crippen molar-refractivity contribution in [1.82, 2.24) is 4.90 Å². The Hall–Kier alpha value is -1.80. The molecule has 0 bridgehead atoms. The van der Waals surface area contributed by atoms with Crippen LogP contribution in [0, 0.1) is 0 Å². The lowest BCUT2D eigenvalue weighted by atomic mass is 9.88. The van der Waals surface area contributed by atoms with Gasteiger partial charge in [-0.25, -0.2) is 0 Å². The van der Waals surface area contributed by atoms with Gasteiger partial charge in [0, 0.05) is 12.1 Å². The highest BCUT2D eigenvalue weighted by Gasteiger charge is 2.29. The Labute approximate surface area is 121 Å². The Morgan fingerprint density at radius 2 is 1.75 bits per heavy atom. The van der Waals surface area contributed by atoms with E-state index < -0.39 is 0 Å². The van der Waals surface area contributed by atoms with Crippen LogP contribution in [0.3, 0.4) is 0 Å². The van der Waals surface area contributed by atoms with Gasteiger partial charge in [0.25, 0.3) is 0 Å². The van der Waals surface area contributed by atoms with Crippen LogP contribution < -0.4 is 4.74 Å². The van der Waals surface area contributed by atoms with Gasteiger partial charge in [-0.05, 0) is 30.2 Å². The van der Waals surface area contributed by atoms with Crippen LogP contribution in [0.1, 0.15) is 29.7 Å². The molecule has 1 unspecified atom stereocenters. The highest BCUT2D eigenvalue weighted by Crippen LogP contribution is 2.38. The fourth-order valence-electron chi connectivity index (χ4n) is 3.22. The highest BCUT2D eigenvalue weighted by molar-refractivity contribution is 5.45. The molecule has 1 heterocycles. The SMILES string of the molecule is CCN1CCc2ccccc2C1c1ccccc1OC. The van der Waals surface area contributed by atoms with Crippen molar-refractivity contribution in [3.8, 4) is 5.75 Å². The molecule has 0 aliphatic carbocycles. The highest BCUT2D eigenvalue weighted by atomic mass is 16.5. The molecule has 0 radical (unpaired) electrons. The predicted octanol–water partition coefficient (Wildman–Crippen LogP) is 3.66. The normalized spacial score (nSPS) is 18.6. The van der Waals surface area contributed by atoms with E-state index in [1.807, 2.05) is 6.07 Å². The van der Waals surface area contributed by atoms with E-state index in [1.165, 1.54) is 16.7 Å². The van der Waals surface area contributed by atoms with E-state index in [1.54, 1.807) is 7.11 Å². The molecule has 20 heavy (non-hydrogen) atoms. The summed E-state index contributed by atoms with van der Waals surface area (Å²) in [7, 11) is 1.75. The number of hydrogen-bond donors (Lipinski definition) is 0. The zero-order valence-corrected chi connectivity index (χ0v) is 12.2. The third kappa shape index (κ3) is 2.20. The minimum atomic E-state index is 0.307. The van der Waals surface area contributed by atoms with Gasteiger partial charge >= 0.3 is 0 Å². The summed E-state index contributed by atoms with van der Waals surface area (Å²) < 4.78 is 5.58. The van der Waals surface area contributed by atoms with Crippen molar-refractivity contribution in [2.45, 2.75) is 19.4 Å². The summed E-state index contributed by atoms with van der Waals surface area (Å²) in [5, 5.41) is 0. The molecule has 1 aliphatic rings. The van der Waals surface area contributed by atoms with Crippen LogP contribution in [0.5, 0.6) is 5.75 Å². The van der Waals surface area contributed by atoms with E-state index in [9.17, 15) is 0 Å². The van der Waals surface area contributed by atoms with Gasteiger partial charge in [0.2, 0.25) is 0 Å². The second-order valence-electron chi connectivity index (χ2n) is 5.22. The number of methoxy groups -OCH3 is 1. The number of nitrogens with zero attached hydrogens (tertiary/aromatic N) is 1. The van der Waals surface area contributed by atoms with Gasteiger partial charge in [-0.15, -0.1) is 0 Å². The first-order valence-corrected chi connectivity index (χ1v) is 7.30. The van der Waals surface area contributed by atoms with Crippen LogP contribution in [0.4, 0.5) is 0 Å². The lowest BCUT2D eigenvalue weighted by Gasteiger charge is -2.37. The second-order valence-corrected chi connectivity index (χ2v) is 5.22. The van der Waals surface area contributed by atoms with Gasteiger partial charge in [-0.2, -0.15) is 0 Å². The molecule has 0 N–H and O–H groups in total. The van der Waals surface area contributed by atoms with Crippen LogP contribution in [0.15, 0.2) is 48.5 Å². The van der Waals surface area contributed by atoms with E-state index in [2.05, 4.69) is 54.3 Å². The standard InChI is InChI=1S/C18H21NO/c1-3-19-13-12-14-8-4-5-9-15(14)18(19)16-10-6-7-11-17(16)20-2/h4-11,18H,3,12-13H2,1-2H3. The maximum atomic E-state index is 5.58. The molecular formula is C18H21NO. The molecule has 0 saturated heterocycles. The molecule has 0 saturated carbocycles. The number of fused-ring (bicyclic) bond motifs is 1. The fourth-order valence-corrected chi connectivity index (χ4v) is 3.22. The van der Waals surface area contributed by atoms with Crippen molar-refractivity contribution >= 4 is 0 Å². The number of ether oxygens (including phenoxy) is 1. The van der Waals surface area contributed by atoms with E-state index in [0.29, 0.717) is 6.04 Å². The molecular weight excluding hydrogens is 246 g/mol. The smallest absolute Gasteiger partial charge is 0.123 e. The zero-order valence-electron chi connectivity index (χ0n) is 12.2. The van der Waals surface area contributed by atoms with Crippen molar-refractivity contribution in [1.29, 1.82) is 0 Å². The lowest BCUT2D eigenvalue weighted by Crippen LogP contribution is -2.36. The van der Waals surface area contributed by atoms with Gasteiger partial charge in [0.1, 0.15) is 5.75 Å². The largest absolute Gasteiger partial charge is 0.496 e. The van der Waals surface area contributed by atoms with Crippen LogP contribution in [0.25, 0.3) is 0 Å². The summed E-state index contributed by atoms with van der Waals surface area (Å²) in [4.78, 5) is 2.53. The molecule has 3 rings (SSSR count). The third-order valence-corrected chi connectivity index (χ3v) is 4.22. The predicted molar refractivity (Wildman–Crippen MR) is 82.2 cm³/mol. The molecule has 2 heteroatoms. The maximum absolute atomic E-state index is 5.58. The Bertz CT molecular complexity index is 593. The van der Waals surface area contributed by atoms with E-state index in [4.69, 9.17) is 4.74 Å². The monoisotopic (exact) mass is 267 g/mol. The average molecular weight is 267 g/mol. The van der Waals surface area contributed by atoms with Crippen molar-refractivity contribution in [3.05, 3.63) is 65.2 Å². The maximum Gasteiger partial charge on any atom is 0.123 e.